The van der Waals surface area contributed by atoms with E-state index in [1.807, 2.05) is 12.3 Å². The van der Waals surface area contributed by atoms with Crippen LogP contribution >= 0.6 is 0 Å². The summed E-state index contributed by atoms with van der Waals surface area (Å²) in [5.41, 5.74) is 2.44. The summed E-state index contributed by atoms with van der Waals surface area (Å²) < 4.78 is 5.69. The molecule has 2 rings (SSSR count). The molecule has 2 heterocycles. The van der Waals surface area contributed by atoms with Gasteiger partial charge in [0.1, 0.15) is 0 Å². The number of rotatable bonds is 6. The lowest BCUT2D eigenvalue weighted by molar-refractivity contribution is 0.0995. The lowest BCUT2D eigenvalue weighted by atomic mass is 10.0. The molecule has 0 amide bonds. The number of nitrogens with zero attached hydrogens (tertiary/aromatic N) is 1. The molecule has 1 aromatic heterocycles. The second-order valence-electron chi connectivity index (χ2n) is 5.08. The van der Waals surface area contributed by atoms with E-state index in [2.05, 4.69) is 30.2 Å². The van der Waals surface area contributed by atoms with Crippen molar-refractivity contribution < 1.29 is 4.74 Å². The average Bonchev–Trinajstić information content (AvgIpc) is 2.87. The van der Waals surface area contributed by atoms with Gasteiger partial charge in [-0.15, -0.1) is 0 Å². The van der Waals surface area contributed by atoms with Crippen molar-refractivity contribution in [2.45, 2.75) is 51.7 Å². The standard InChI is InChI=1S/C15H24N2O/c1-3-16-14(7-6-13-5-4-10-18-13)15-11-12(2)8-9-17-15/h8-9,11,13-14,16H,3-7,10H2,1-2H3. The molecule has 0 radical (unpaired) electrons. The van der Waals surface area contributed by atoms with Gasteiger partial charge < -0.3 is 10.1 Å². The second kappa shape index (κ2) is 6.86. The summed E-state index contributed by atoms with van der Waals surface area (Å²) in [6, 6.07) is 4.59. The topological polar surface area (TPSA) is 34.1 Å². The number of hydrogen-bond acceptors (Lipinski definition) is 3. The Bertz CT molecular complexity index is 361. The van der Waals surface area contributed by atoms with E-state index in [0.717, 1.165) is 31.7 Å². The van der Waals surface area contributed by atoms with Crippen LogP contribution in [0.1, 0.15) is 49.9 Å². The van der Waals surface area contributed by atoms with Gasteiger partial charge in [-0.2, -0.15) is 0 Å². The molecule has 100 valence electrons. The minimum atomic E-state index is 0.360. The number of hydrogen-bond donors (Lipinski definition) is 1. The van der Waals surface area contributed by atoms with Gasteiger partial charge in [0, 0.05) is 18.8 Å². The van der Waals surface area contributed by atoms with Crippen molar-refractivity contribution in [3.63, 3.8) is 0 Å². The van der Waals surface area contributed by atoms with Gasteiger partial charge in [-0.25, -0.2) is 0 Å². The van der Waals surface area contributed by atoms with Crippen LogP contribution < -0.4 is 5.32 Å². The summed E-state index contributed by atoms with van der Waals surface area (Å²) >= 11 is 0. The minimum Gasteiger partial charge on any atom is -0.378 e. The minimum absolute atomic E-state index is 0.360. The average molecular weight is 248 g/mol. The van der Waals surface area contributed by atoms with Crippen LogP contribution in [0.15, 0.2) is 18.3 Å². The zero-order valence-corrected chi connectivity index (χ0v) is 11.5. The van der Waals surface area contributed by atoms with Gasteiger partial charge in [-0.3, -0.25) is 4.98 Å². The first-order valence-electron chi connectivity index (χ1n) is 7.07. The van der Waals surface area contributed by atoms with E-state index in [-0.39, 0.29) is 0 Å². The Morgan fingerprint density at radius 1 is 1.56 bits per heavy atom. The smallest absolute Gasteiger partial charge is 0.0576 e. The lowest BCUT2D eigenvalue weighted by Crippen LogP contribution is -2.23. The van der Waals surface area contributed by atoms with Gasteiger partial charge in [0.2, 0.25) is 0 Å². The molecule has 2 unspecified atom stereocenters. The molecule has 0 spiro atoms. The van der Waals surface area contributed by atoms with E-state index in [9.17, 15) is 0 Å². The maximum Gasteiger partial charge on any atom is 0.0576 e. The molecule has 1 fully saturated rings. The largest absolute Gasteiger partial charge is 0.378 e. The Kier molecular flexibility index (Phi) is 5.14. The Morgan fingerprint density at radius 3 is 3.11 bits per heavy atom. The van der Waals surface area contributed by atoms with Gasteiger partial charge in [0.15, 0.2) is 0 Å². The van der Waals surface area contributed by atoms with Crippen LogP contribution in [-0.2, 0) is 4.74 Å². The highest BCUT2D eigenvalue weighted by molar-refractivity contribution is 5.17. The van der Waals surface area contributed by atoms with Crippen LogP contribution in [0.25, 0.3) is 0 Å². The molecule has 18 heavy (non-hydrogen) atoms. The molecule has 1 aromatic rings. The summed E-state index contributed by atoms with van der Waals surface area (Å²) in [6.45, 7) is 6.19. The zero-order valence-electron chi connectivity index (χ0n) is 11.5. The van der Waals surface area contributed by atoms with Crippen LogP contribution in [-0.4, -0.2) is 24.2 Å². The predicted octanol–water partition coefficient (Wildman–Crippen LogP) is 3.00. The van der Waals surface area contributed by atoms with E-state index < -0.39 is 0 Å². The first-order valence-corrected chi connectivity index (χ1v) is 7.07. The van der Waals surface area contributed by atoms with Crippen molar-refractivity contribution in [3.8, 4) is 0 Å². The van der Waals surface area contributed by atoms with E-state index in [1.165, 1.54) is 18.4 Å². The number of pyridine rings is 1. The van der Waals surface area contributed by atoms with Crippen molar-refractivity contribution in [3.05, 3.63) is 29.6 Å². The van der Waals surface area contributed by atoms with Crippen molar-refractivity contribution in [2.75, 3.05) is 13.2 Å². The van der Waals surface area contributed by atoms with Crippen LogP contribution in [0.2, 0.25) is 0 Å². The number of aromatic nitrogens is 1. The predicted molar refractivity (Wildman–Crippen MR) is 73.6 cm³/mol. The van der Waals surface area contributed by atoms with E-state index in [0.29, 0.717) is 12.1 Å². The normalized spacial score (nSPS) is 21.1. The van der Waals surface area contributed by atoms with Crippen LogP contribution in [0.5, 0.6) is 0 Å². The van der Waals surface area contributed by atoms with E-state index >= 15 is 0 Å². The third-order valence-electron chi connectivity index (χ3n) is 3.55. The highest BCUT2D eigenvalue weighted by Gasteiger charge is 2.19. The Labute approximate surface area is 110 Å². The molecule has 0 saturated carbocycles. The first-order chi connectivity index (χ1) is 8.79. The van der Waals surface area contributed by atoms with Crippen LogP contribution in [0, 0.1) is 6.92 Å². The van der Waals surface area contributed by atoms with Crippen molar-refractivity contribution in [2.24, 2.45) is 0 Å². The Hall–Kier alpha value is -0.930. The number of ether oxygens (including phenoxy) is 1. The fourth-order valence-electron chi connectivity index (χ4n) is 2.58. The zero-order chi connectivity index (χ0) is 12.8. The molecule has 1 aliphatic rings. The molecule has 0 aliphatic carbocycles. The molecule has 3 nitrogen and oxygen atoms in total. The van der Waals surface area contributed by atoms with Gasteiger partial charge in [-0.1, -0.05) is 6.92 Å². The first kappa shape index (κ1) is 13.5. The fourth-order valence-corrected chi connectivity index (χ4v) is 2.58. The van der Waals surface area contributed by atoms with Crippen molar-refractivity contribution >= 4 is 0 Å². The summed E-state index contributed by atoms with van der Waals surface area (Å²) in [4.78, 5) is 4.50. The summed E-state index contributed by atoms with van der Waals surface area (Å²) in [7, 11) is 0. The van der Waals surface area contributed by atoms with Crippen LogP contribution in [0.3, 0.4) is 0 Å². The molecule has 0 aromatic carbocycles. The maximum atomic E-state index is 5.69. The number of nitrogens with one attached hydrogen (secondary N) is 1. The molecule has 3 heteroatoms. The number of aryl methyl sites for hydroxylation is 1. The highest BCUT2D eigenvalue weighted by atomic mass is 16.5. The van der Waals surface area contributed by atoms with Gasteiger partial charge in [0.25, 0.3) is 0 Å². The monoisotopic (exact) mass is 248 g/mol. The van der Waals surface area contributed by atoms with Crippen molar-refractivity contribution in [1.82, 2.24) is 10.3 Å². The third-order valence-corrected chi connectivity index (χ3v) is 3.55. The van der Waals surface area contributed by atoms with E-state index in [4.69, 9.17) is 4.74 Å². The molecular formula is C15H24N2O. The highest BCUT2D eigenvalue weighted by Crippen LogP contribution is 2.23. The lowest BCUT2D eigenvalue weighted by Gasteiger charge is -2.19. The second-order valence-corrected chi connectivity index (χ2v) is 5.08. The SMILES string of the molecule is CCNC(CCC1CCCO1)c1cc(C)ccn1. The summed E-state index contributed by atoms with van der Waals surface area (Å²) in [5.74, 6) is 0. The molecule has 1 saturated heterocycles. The van der Waals surface area contributed by atoms with Gasteiger partial charge in [0.05, 0.1) is 11.8 Å². The molecular weight excluding hydrogens is 224 g/mol. The Balaban J connectivity index is 1.94. The summed E-state index contributed by atoms with van der Waals surface area (Å²) in [6.07, 6.45) is 7.05. The van der Waals surface area contributed by atoms with E-state index in [1.54, 1.807) is 0 Å². The molecule has 0 bridgehead atoms. The van der Waals surface area contributed by atoms with Gasteiger partial charge in [-0.05, 0) is 56.8 Å². The molecule has 1 N–H and O–H groups in total. The maximum absolute atomic E-state index is 5.69. The molecule has 2 atom stereocenters. The Morgan fingerprint density at radius 2 is 2.44 bits per heavy atom. The third kappa shape index (κ3) is 3.79. The van der Waals surface area contributed by atoms with Gasteiger partial charge >= 0.3 is 0 Å². The molecule has 1 aliphatic heterocycles. The fraction of sp³-hybridized carbons (Fsp3) is 0.667. The quantitative estimate of drug-likeness (QED) is 0.840. The summed E-state index contributed by atoms with van der Waals surface area (Å²) in [5, 5.41) is 3.53. The van der Waals surface area contributed by atoms with Crippen molar-refractivity contribution in [1.29, 1.82) is 0 Å². The van der Waals surface area contributed by atoms with Crippen LogP contribution in [0.4, 0.5) is 0 Å².